The maximum Gasteiger partial charge on any atom is 0.410 e. The van der Waals surface area contributed by atoms with Crippen molar-refractivity contribution in [2.24, 2.45) is 0 Å². The number of carbonyl (C=O) groups excluding carboxylic acids is 1. The highest BCUT2D eigenvalue weighted by Crippen LogP contribution is 2.34. The first kappa shape index (κ1) is 43.5. The third-order valence-electron chi connectivity index (χ3n) is 10.4. The number of carbonyl (C=O) groups is 1. The van der Waals surface area contributed by atoms with Crippen LogP contribution in [0.3, 0.4) is 0 Å². The number of fused-ring (bicyclic) bond motifs is 1. The number of imidazole rings is 1. The fourth-order valence-electron chi connectivity index (χ4n) is 7.34. The number of nitrogens with zero attached hydrogens (tertiary/aromatic N) is 7. The summed E-state index contributed by atoms with van der Waals surface area (Å²) in [5.74, 6) is 2.94. The van der Waals surface area contributed by atoms with Gasteiger partial charge in [-0.05, 0) is 82.9 Å². The number of amides is 1. The summed E-state index contributed by atoms with van der Waals surface area (Å²) in [7, 11) is 6.41. The number of hydrogen-bond donors (Lipinski definition) is 1. The van der Waals surface area contributed by atoms with Crippen molar-refractivity contribution in [3.8, 4) is 29.0 Å². The number of aliphatic hydroxyl groups is 1. The van der Waals surface area contributed by atoms with E-state index in [2.05, 4.69) is 6.92 Å². The Morgan fingerprint density at radius 2 is 1.53 bits per heavy atom. The number of anilines is 1. The van der Waals surface area contributed by atoms with Gasteiger partial charge in [-0.1, -0.05) is 13.3 Å². The van der Waals surface area contributed by atoms with Gasteiger partial charge < -0.3 is 47.9 Å². The van der Waals surface area contributed by atoms with Crippen LogP contribution in [0.2, 0.25) is 0 Å². The van der Waals surface area contributed by atoms with Crippen LogP contribution in [-0.4, -0.2) is 93.5 Å². The van der Waals surface area contributed by atoms with Crippen molar-refractivity contribution >= 4 is 17.6 Å². The Balaban J connectivity index is 1.38. The van der Waals surface area contributed by atoms with Crippen LogP contribution >= 0.6 is 0 Å². The highest BCUT2D eigenvalue weighted by molar-refractivity contribution is 5.68. The number of hydrogen-bond acceptors (Lipinski definition) is 13. The van der Waals surface area contributed by atoms with Crippen molar-refractivity contribution in [1.29, 1.82) is 0 Å². The van der Waals surface area contributed by atoms with Crippen molar-refractivity contribution in [2.75, 3.05) is 46.4 Å². The summed E-state index contributed by atoms with van der Waals surface area (Å²) in [5.41, 5.74) is 1.86. The van der Waals surface area contributed by atoms with Crippen molar-refractivity contribution in [3.05, 3.63) is 93.7 Å². The molecule has 60 heavy (non-hydrogen) atoms. The van der Waals surface area contributed by atoms with E-state index in [-0.39, 0.29) is 29.8 Å². The number of aromatic nitrogens is 5. The number of rotatable bonds is 16. The van der Waals surface area contributed by atoms with Crippen LogP contribution in [0, 0.1) is 0 Å². The van der Waals surface area contributed by atoms with Crippen molar-refractivity contribution in [3.63, 3.8) is 0 Å². The molecule has 16 nitrogen and oxygen atoms in total. The molecule has 6 rings (SSSR count). The molecule has 1 aliphatic rings. The van der Waals surface area contributed by atoms with Crippen molar-refractivity contribution in [1.82, 2.24) is 29.0 Å². The quantitative estimate of drug-likeness (QED) is 0.111. The Hall–Kier alpha value is -6.03. The predicted molar refractivity (Wildman–Crippen MR) is 226 cm³/mol. The average molecular weight is 828 g/mol. The van der Waals surface area contributed by atoms with Gasteiger partial charge in [-0.2, -0.15) is 4.98 Å². The van der Waals surface area contributed by atoms with E-state index < -0.39 is 11.7 Å². The molecular weight excluding hydrogens is 771 g/mol. The Bertz CT molecular complexity index is 2260. The number of piperidine rings is 1. The zero-order chi connectivity index (χ0) is 43.1. The first-order chi connectivity index (χ1) is 28.7. The van der Waals surface area contributed by atoms with Gasteiger partial charge in [0, 0.05) is 67.7 Å². The molecule has 1 N–H and O–H groups in total. The standard InChI is InChI=1S/C44H57N7O9/c1-10-11-28(2)59-42-46-41(49(26-30-12-14-33(55-6)23-36(30)57-8)27-31-13-15-34(56-7)24-37(31)58-9)40-45-25-35(51(40)47-42)39(53)29-16-21-50(38(52)22-29)32-17-19-48(20-18-32)43(54)60-44(3,4)5/h12-16,21-25,28,32,39,53H,10-11,17-20,26-27H2,1-9H3. The molecule has 2 unspecified atom stereocenters. The van der Waals surface area contributed by atoms with E-state index in [1.54, 1.807) is 50.2 Å². The van der Waals surface area contributed by atoms with Crippen LogP contribution in [0.4, 0.5) is 10.6 Å². The molecule has 4 heterocycles. The highest BCUT2D eigenvalue weighted by Gasteiger charge is 2.29. The number of pyridine rings is 1. The lowest BCUT2D eigenvalue weighted by atomic mass is 10.0. The SMILES string of the molecule is CCCC(C)Oc1nc(N(Cc2ccc(OC)cc2OC)Cc2ccc(OC)cc2OC)c2ncc(C(O)c3ccn(C4CCN(C(=O)OC(C)(C)C)CC4)c(=O)c3)n2n1. The second kappa shape index (κ2) is 18.9. The van der Waals surface area contributed by atoms with E-state index in [0.29, 0.717) is 84.7 Å². The van der Waals surface area contributed by atoms with Gasteiger partial charge in [0.25, 0.3) is 5.56 Å². The molecule has 16 heteroatoms. The maximum atomic E-state index is 13.6. The third-order valence-corrected chi connectivity index (χ3v) is 10.4. The Kier molecular flexibility index (Phi) is 13.7. The lowest BCUT2D eigenvalue weighted by molar-refractivity contribution is 0.0187. The van der Waals surface area contributed by atoms with E-state index in [0.717, 1.165) is 24.0 Å². The molecule has 0 bridgehead atoms. The van der Waals surface area contributed by atoms with Crippen molar-refractivity contribution in [2.45, 2.75) is 97.2 Å². The molecule has 0 aliphatic carbocycles. The Labute approximate surface area is 350 Å². The molecule has 1 saturated heterocycles. The summed E-state index contributed by atoms with van der Waals surface area (Å²) in [5, 5.41) is 16.7. The maximum absolute atomic E-state index is 13.6. The third kappa shape index (κ3) is 10.0. The minimum atomic E-state index is -1.28. The number of methoxy groups -OCH3 is 4. The van der Waals surface area contributed by atoms with Gasteiger partial charge in [0.1, 0.15) is 34.7 Å². The van der Waals surface area contributed by atoms with Crippen molar-refractivity contribution < 1.29 is 38.3 Å². The van der Waals surface area contributed by atoms with E-state index in [9.17, 15) is 14.7 Å². The van der Waals surface area contributed by atoms with E-state index >= 15 is 0 Å². The molecule has 1 amide bonds. The smallest absolute Gasteiger partial charge is 0.410 e. The summed E-state index contributed by atoms with van der Waals surface area (Å²) in [6.45, 7) is 11.1. The Morgan fingerprint density at radius 3 is 2.07 bits per heavy atom. The summed E-state index contributed by atoms with van der Waals surface area (Å²) >= 11 is 0. The molecule has 322 valence electrons. The first-order valence-electron chi connectivity index (χ1n) is 20.2. The van der Waals surface area contributed by atoms with Gasteiger partial charge >= 0.3 is 12.1 Å². The van der Waals surface area contributed by atoms with Crippen LogP contribution in [0.5, 0.6) is 29.0 Å². The molecule has 2 aromatic carbocycles. The van der Waals surface area contributed by atoms with E-state index in [1.165, 1.54) is 16.8 Å². The fourth-order valence-corrected chi connectivity index (χ4v) is 7.34. The highest BCUT2D eigenvalue weighted by atomic mass is 16.6. The monoisotopic (exact) mass is 827 g/mol. The lowest BCUT2D eigenvalue weighted by Crippen LogP contribution is -2.43. The molecule has 0 spiro atoms. The van der Waals surface area contributed by atoms with Gasteiger partial charge in [0.15, 0.2) is 11.5 Å². The van der Waals surface area contributed by atoms with Gasteiger partial charge in [-0.25, -0.2) is 14.3 Å². The average Bonchev–Trinajstić information content (AvgIpc) is 3.66. The fraction of sp³-hybridized carbons (Fsp3) is 0.477. The van der Waals surface area contributed by atoms with E-state index in [1.807, 2.05) is 69.0 Å². The molecule has 0 saturated carbocycles. The molecule has 1 aliphatic heterocycles. The molecular formula is C44H57N7O9. The zero-order valence-electron chi connectivity index (χ0n) is 36.0. The molecule has 5 aromatic rings. The normalized spacial score (nSPS) is 14.4. The van der Waals surface area contributed by atoms with Gasteiger partial charge in [-0.15, -0.1) is 5.10 Å². The molecule has 1 fully saturated rings. The van der Waals surface area contributed by atoms with Crippen LogP contribution in [-0.2, 0) is 17.8 Å². The van der Waals surface area contributed by atoms with Crippen LogP contribution in [0.25, 0.3) is 5.65 Å². The largest absolute Gasteiger partial charge is 0.497 e. The van der Waals surface area contributed by atoms with Crippen LogP contribution < -0.4 is 34.1 Å². The predicted octanol–water partition coefficient (Wildman–Crippen LogP) is 6.75. The van der Waals surface area contributed by atoms with Gasteiger partial charge in [0.05, 0.1) is 46.4 Å². The lowest BCUT2D eigenvalue weighted by Gasteiger charge is -2.34. The second-order valence-electron chi connectivity index (χ2n) is 15.9. The Morgan fingerprint density at radius 1 is 0.917 bits per heavy atom. The summed E-state index contributed by atoms with van der Waals surface area (Å²) < 4.78 is 37.6. The number of likely N-dealkylation sites (tertiary alicyclic amines) is 1. The zero-order valence-corrected chi connectivity index (χ0v) is 36.0. The minimum absolute atomic E-state index is 0.0893. The first-order valence-corrected chi connectivity index (χ1v) is 20.2. The summed E-state index contributed by atoms with van der Waals surface area (Å²) in [6.07, 6.45) is 4.23. The van der Waals surface area contributed by atoms with E-state index in [4.69, 9.17) is 43.5 Å². The summed E-state index contributed by atoms with van der Waals surface area (Å²) in [6, 6.07) is 14.4. The van der Waals surface area contributed by atoms with Crippen LogP contribution in [0.1, 0.15) is 94.8 Å². The molecule has 0 radical (unpaired) electrons. The van der Waals surface area contributed by atoms with Crippen LogP contribution in [0.15, 0.2) is 65.7 Å². The van der Waals surface area contributed by atoms with Gasteiger partial charge in [-0.3, -0.25) is 4.79 Å². The number of aliphatic hydroxyl groups excluding tert-OH is 1. The molecule has 2 atom stereocenters. The van der Waals surface area contributed by atoms with Gasteiger partial charge in [0.2, 0.25) is 0 Å². The minimum Gasteiger partial charge on any atom is -0.497 e. The number of benzene rings is 2. The summed E-state index contributed by atoms with van der Waals surface area (Å²) in [4.78, 5) is 39.7. The second-order valence-corrected chi connectivity index (χ2v) is 15.9. The number of ether oxygens (including phenoxy) is 6. The molecule has 3 aromatic heterocycles. The topological polar surface area (TPSA) is 164 Å².